The van der Waals surface area contributed by atoms with Gasteiger partial charge in [-0.2, -0.15) is 0 Å². The molecule has 3 aliphatic heterocycles. The molecule has 3 aliphatic rings. The molecule has 1 amide bonds. The van der Waals surface area contributed by atoms with E-state index in [0.717, 1.165) is 52.0 Å². The number of amides is 1. The van der Waals surface area contributed by atoms with Crippen LogP contribution in [0.3, 0.4) is 0 Å². The molecule has 126 valence electrons. The Balaban J connectivity index is 1.47. The highest BCUT2D eigenvalue weighted by Gasteiger charge is 2.45. The summed E-state index contributed by atoms with van der Waals surface area (Å²) >= 11 is 1.78. The molecule has 0 N–H and O–H groups in total. The lowest BCUT2D eigenvalue weighted by Crippen LogP contribution is -2.53. The maximum atomic E-state index is 13.0. The Morgan fingerprint density at radius 1 is 1.30 bits per heavy atom. The van der Waals surface area contributed by atoms with E-state index in [1.54, 1.807) is 16.4 Å². The molecular formula is C17H24N2O3S. The van der Waals surface area contributed by atoms with Crippen LogP contribution in [0.1, 0.15) is 24.1 Å². The first-order valence-electron chi connectivity index (χ1n) is 8.62. The van der Waals surface area contributed by atoms with Gasteiger partial charge < -0.3 is 4.74 Å². The van der Waals surface area contributed by atoms with Gasteiger partial charge >= 0.3 is 0 Å². The Labute approximate surface area is 141 Å². The number of fused-ring (bicyclic) bond motifs is 1. The van der Waals surface area contributed by atoms with E-state index >= 15 is 0 Å². The van der Waals surface area contributed by atoms with Crippen molar-refractivity contribution in [2.75, 3.05) is 32.8 Å². The van der Waals surface area contributed by atoms with Crippen LogP contribution in [-0.4, -0.2) is 54.8 Å². The molecular weight excluding hydrogens is 312 g/mol. The number of ether oxygens (including phenoxy) is 1. The van der Waals surface area contributed by atoms with E-state index in [-0.39, 0.29) is 17.9 Å². The molecule has 0 aromatic carbocycles. The lowest BCUT2D eigenvalue weighted by molar-refractivity contribution is -0.205. The van der Waals surface area contributed by atoms with Gasteiger partial charge in [0.05, 0.1) is 18.6 Å². The van der Waals surface area contributed by atoms with Gasteiger partial charge in [-0.1, -0.05) is 6.07 Å². The molecule has 4 heterocycles. The SMILES string of the molecule is O=C([C@@H]1CN(Cc2cccs2)C[C@@H]2OCC[C@@H]21)N1CCCCO1. The maximum absolute atomic E-state index is 13.0. The van der Waals surface area contributed by atoms with Crippen LogP contribution in [-0.2, 0) is 20.9 Å². The van der Waals surface area contributed by atoms with Crippen LogP contribution in [0.25, 0.3) is 0 Å². The van der Waals surface area contributed by atoms with E-state index in [4.69, 9.17) is 9.57 Å². The molecule has 5 nitrogen and oxygen atoms in total. The first-order valence-corrected chi connectivity index (χ1v) is 9.50. The van der Waals surface area contributed by atoms with Gasteiger partial charge in [-0.15, -0.1) is 11.3 Å². The number of hydroxylamine groups is 2. The number of carbonyl (C=O) groups excluding carboxylic acids is 1. The van der Waals surface area contributed by atoms with Crippen molar-refractivity contribution in [3.05, 3.63) is 22.4 Å². The van der Waals surface area contributed by atoms with E-state index in [2.05, 4.69) is 22.4 Å². The van der Waals surface area contributed by atoms with Crippen molar-refractivity contribution in [2.24, 2.45) is 11.8 Å². The summed E-state index contributed by atoms with van der Waals surface area (Å²) < 4.78 is 5.92. The molecule has 4 rings (SSSR count). The molecule has 3 fully saturated rings. The Bertz CT molecular complexity index is 530. The van der Waals surface area contributed by atoms with Gasteiger partial charge in [0, 0.05) is 43.6 Å². The van der Waals surface area contributed by atoms with Crippen LogP contribution < -0.4 is 0 Å². The Kier molecular flexibility index (Phi) is 4.66. The minimum absolute atomic E-state index is 0.00862. The van der Waals surface area contributed by atoms with Gasteiger partial charge in [-0.25, -0.2) is 5.06 Å². The Hall–Kier alpha value is -0.950. The second-order valence-corrected chi connectivity index (χ2v) is 7.75. The zero-order chi connectivity index (χ0) is 15.6. The third-order valence-electron chi connectivity index (χ3n) is 5.20. The summed E-state index contributed by atoms with van der Waals surface area (Å²) in [4.78, 5) is 22.3. The van der Waals surface area contributed by atoms with Crippen molar-refractivity contribution >= 4 is 17.2 Å². The fourth-order valence-electron chi connectivity index (χ4n) is 4.02. The molecule has 23 heavy (non-hydrogen) atoms. The Morgan fingerprint density at radius 2 is 2.26 bits per heavy atom. The first kappa shape index (κ1) is 15.6. The van der Waals surface area contributed by atoms with Gasteiger partial charge in [0.15, 0.2) is 0 Å². The van der Waals surface area contributed by atoms with Gasteiger partial charge in [0.1, 0.15) is 0 Å². The summed E-state index contributed by atoms with van der Waals surface area (Å²) in [6.45, 7) is 4.86. The van der Waals surface area contributed by atoms with Crippen LogP contribution in [0.5, 0.6) is 0 Å². The summed E-state index contributed by atoms with van der Waals surface area (Å²) in [5.74, 6) is 0.531. The van der Waals surface area contributed by atoms with Crippen molar-refractivity contribution in [2.45, 2.75) is 31.9 Å². The number of hydrogen-bond acceptors (Lipinski definition) is 5. The molecule has 0 spiro atoms. The minimum atomic E-state index is 0.00862. The monoisotopic (exact) mass is 336 g/mol. The van der Waals surface area contributed by atoms with E-state index in [1.165, 1.54) is 4.88 Å². The van der Waals surface area contributed by atoms with Crippen LogP contribution in [0.2, 0.25) is 0 Å². The number of nitrogens with zero attached hydrogens (tertiary/aromatic N) is 2. The highest BCUT2D eigenvalue weighted by atomic mass is 32.1. The normalized spacial score (nSPS) is 32.0. The molecule has 1 aromatic heterocycles. The number of piperidine rings is 1. The van der Waals surface area contributed by atoms with Crippen molar-refractivity contribution in [1.82, 2.24) is 9.96 Å². The van der Waals surface area contributed by atoms with Crippen molar-refractivity contribution < 1.29 is 14.4 Å². The number of likely N-dealkylation sites (tertiary alicyclic amines) is 1. The molecule has 3 saturated heterocycles. The highest BCUT2D eigenvalue weighted by molar-refractivity contribution is 7.09. The molecule has 0 bridgehead atoms. The zero-order valence-electron chi connectivity index (χ0n) is 13.4. The topological polar surface area (TPSA) is 42.0 Å². The summed E-state index contributed by atoms with van der Waals surface area (Å²) in [5, 5.41) is 3.73. The average molecular weight is 336 g/mol. The third-order valence-corrected chi connectivity index (χ3v) is 6.06. The van der Waals surface area contributed by atoms with Crippen LogP contribution >= 0.6 is 11.3 Å². The minimum Gasteiger partial charge on any atom is -0.377 e. The predicted octanol–water partition coefficient (Wildman–Crippen LogP) is 2.14. The Morgan fingerprint density at radius 3 is 3.04 bits per heavy atom. The summed E-state index contributed by atoms with van der Waals surface area (Å²) in [7, 11) is 0. The lowest BCUT2D eigenvalue weighted by Gasteiger charge is -2.41. The summed E-state index contributed by atoms with van der Waals surface area (Å²) in [6.07, 6.45) is 3.29. The van der Waals surface area contributed by atoms with E-state index in [0.29, 0.717) is 12.5 Å². The number of carbonyl (C=O) groups is 1. The summed E-state index contributed by atoms with van der Waals surface area (Å²) in [6, 6.07) is 4.25. The molecule has 0 saturated carbocycles. The second-order valence-electron chi connectivity index (χ2n) is 6.72. The maximum Gasteiger partial charge on any atom is 0.250 e. The van der Waals surface area contributed by atoms with E-state index in [9.17, 15) is 4.79 Å². The lowest BCUT2D eigenvalue weighted by atomic mass is 9.82. The molecule has 6 heteroatoms. The smallest absolute Gasteiger partial charge is 0.250 e. The van der Waals surface area contributed by atoms with E-state index < -0.39 is 0 Å². The molecule has 0 radical (unpaired) electrons. The van der Waals surface area contributed by atoms with Crippen molar-refractivity contribution in [3.8, 4) is 0 Å². The van der Waals surface area contributed by atoms with Crippen molar-refractivity contribution in [3.63, 3.8) is 0 Å². The zero-order valence-corrected chi connectivity index (χ0v) is 14.2. The number of hydrogen-bond donors (Lipinski definition) is 0. The van der Waals surface area contributed by atoms with Gasteiger partial charge in [0.2, 0.25) is 0 Å². The van der Waals surface area contributed by atoms with Gasteiger partial charge in [-0.3, -0.25) is 14.5 Å². The van der Waals surface area contributed by atoms with Crippen LogP contribution in [0.4, 0.5) is 0 Å². The van der Waals surface area contributed by atoms with Crippen LogP contribution in [0.15, 0.2) is 17.5 Å². The van der Waals surface area contributed by atoms with E-state index in [1.807, 2.05) is 0 Å². The third kappa shape index (κ3) is 3.31. The molecule has 3 atom stereocenters. The second kappa shape index (κ2) is 6.89. The predicted molar refractivity (Wildman–Crippen MR) is 87.8 cm³/mol. The summed E-state index contributed by atoms with van der Waals surface area (Å²) in [5.41, 5.74) is 0. The fourth-order valence-corrected chi connectivity index (χ4v) is 4.77. The molecule has 1 aromatic rings. The quantitative estimate of drug-likeness (QED) is 0.848. The number of rotatable bonds is 3. The number of thiophene rings is 1. The van der Waals surface area contributed by atoms with Crippen LogP contribution in [0, 0.1) is 11.8 Å². The fraction of sp³-hybridized carbons (Fsp3) is 0.706. The molecule has 0 unspecified atom stereocenters. The first-order chi connectivity index (χ1) is 11.3. The molecule has 0 aliphatic carbocycles. The van der Waals surface area contributed by atoms with Gasteiger partial charge in [0.25, 0.3) is 5.91 Å². The standard InChI is InChI=1S/C17H24N2O3S/c20-17(19-6-1-2-7-22-19)15-11-18(10-13-4-3-9-23-13)12-16-14(15)5-8-21-16/h3-4,9,14-16H,1-2,5-8,10-12H2/t14-,15-,16+/m1/s1. The highest BCUT2D eigenvalue weighted by Crippen LogP contribution is 2.36. The average Bonchev–Trinajstić information content (AvgIpc) is 3.26. The largest absolute Gasteiger partial charge is 0.377 e. The van der Waals surface area contributed by atoms with Gasteiger partial charge in [-0.05, 0) is 30.7 Å². The van der Waals surface area contributed by atoms with Crippen molar-refractivity contribution in [1.29, 1.82) is 0 Å².